The number of rotatable bonds is 4. The summed E-state index contributed by atoms with van der Waals surface area (Å²) in [4.78, 5) is 23.4. The maximum Gasteiger partial charge on any atom is 0.408 e. The summed E-state index contributed by atoms with van der Waals surface area (Å²) in [6.45, 7) is 5.13. The Hall–Kier alpha value is -1.27. The average molecular weight is 306 g/mol. The standard InChI is InChI=1S/C12H16ClNO4S/c1-12(2,3)18-11(17)14-9(10(15)16)5-8-4-7(13)6-19-8/h4,6,9H,5H2,1-3H3,(H,14,17)(H,15,16)/t9-/m1/s1. The summed E-state index contributed by atoms with van der Waals surface area (Å²) >= 11 is 7.12. The third-order valence-corrected chi connectivity index (χ3v) is 3.32. The first-order chi connectivity index (χ1) is 8.67. The smallest absolute Gasteiger partial charge is 0.408 e. The summed E-state index contributed by atoms with van der Waals surface area (Å²) < 4.78 is 5.03. The molecule has 0 radical (unpaired) electrons. The Kier molecular flexibility index (Phi) is 5.20. The highest BCUT2D eigenvalue weighted by Crippen LogP contribution is 2.20. The average Bonchev–Trinajstić information content (AvgIpc) is 2.60. The molecule has 1 amide bonds. The van der Waals surface area contributed by atoms with Gasteiger partial charge in [0.25, 0.3) is 0 Å². The highest BCUT2D eigenvalue weighted by Gasteiger charge is 2.24. The number of carbonyl (C=O) groups excluding carboxylic acids is 1. The molecule has 1 aromatic rings. The van der Waals surface area contributed by atoms with Crippen LogP contribution >= 0.6 is 22.9 Å². The Bertz CT molecular complexity index is 467. The number of nitrogens with one attached hydrogen (secondary N) is 1. The van der Waals surface area contributed by atoms with E-state index in [9.17, 15) is 9.59 Å². The predicted octanol–water partition coefficient (Wildman–Crippen LogP) is 2.92. The Morgan fingerprint density at radius 2 is 2.16 bits per heavy atom. The number of hydrogen-bond acceptors (Lipinski definition) is 4. The van der Waals surface area contributed by atoms with Crippen LogP contribution in [0, 0.1) is 0 Å². The molecule has 7 heteroatoms. The maximum atomic E-state index is 11.5. The molecule has 0 saturated carbocycles. The molecule has 0 aliphatic rings. The van der Waals surface area contributed by atoms with Crippen LogP contribution in [0.15, 0.2) is 11.4 Å². The van der Waals surface area contributed by atoms with Crippen LogP contribution in [-0.4, -0.2) is 28.8 Å². The molecule has 1 aromatic heterocycles. The first kappa shape index (κ1) is 15.8. The number of hydrogen-bond donors (Lipinski definition) is 2. The molecule has 5 nitrogen and oxygen atoms in total. The van der Waals surface area contributed by atoms with Crippen LogP contribution in [0.4, 0.5) is 4.79 Å². The van der Waals surface area contributed by atoms with Crippen molar-refractivity contribution in [2.24, 2.45) is 0 Å². The Labute approximate surface area is 120 Å². The van der Waals surface area contributed by atoms with Crippen LogP contribution < -0.4 is 5.32 Å². The molecule has 19 heavy (non-hydrogen) atoms. The highest BCUT2D eigenvalue weighted by atomic mass is 35.5. The van der Waals surface area contributed by atoms with E-state index in [1.165, 1.54) is 11.3 Å². The van der Waals surface area contributed by atoms with Gasteiger partial charge in [-0.3, -0.25) is 0 Å². The van der Waals surface area contributed by atoms with Crippen molar-refractivity contribution in [3.05, 3.63) is 21.3 Å². The van der Waals surface area contributed by atoms with E-state index < -0.39 is 23.7 Å². The SMILES string of the molecule is CC(C)(C)OC(=O)N[C@H](Cc1cc(Cl)cs1)C(=O)O. The van der Waals surface area contributed by atoms with Crippen molar-refractivity contribution in [3.8, 4) is 0 Å². The molecule has 1 rings (SSSR count). The molecule has 0 spiro atoms. The van der Waals surface area contributed by atoms with Crippen molar-refractivity contribution in [1.29, 1.82) is 0 Å². The van der Waals surface area contributed by atoms with Gasteiger partial charge in [0, 0.05) is 16.7 Å². The third-order valence-electron chi connectivity index (χ3n) is 2.02. The van der Waals surface area contributed by atoms with Crippen molar-refractivity contribution in [2.75, 3.05) is 0 Å². The zero-order valence-electron chi connectivity index (χ0n) is 10.9. The number of ether oxygens (including phenoxy) is 1. The molecular weight excluding hydrogens is 290 g/mol. The molecule has 0 aliphatic heterocycles. The fraction of sp³-hybridized carbons (Fsp3) is 0.500. The zero-order valence-corrected chi connectivity index (χ0v) is 12.5. The van der Waals surface area contributed by atoms with E-state index in [0.717, 1.165) is 4.88 Å². The number of aliphatic carboxylic acids is 1. The molecular formula is C12H16ClNO4S. The van der Waals surface area contributed by atoms with Crippen molar-refractivity contribution < 1.29 is 19.4 Å². The van der Waals surface area contributed by atoms with Crippen molar-refractivity contribution in [2.45, 2.75) is 38.8 Å². The molecule has 1 atom stereocenters. The van der Waals surface area contributed by atoms with Crippen molar-refractivity contribution >= 4 is 35.0 Å². The van der Waals surface area contributed by atoms with E-state index in [0.29, 0.717) is 5.02 Å². The summed E-state index contributed by atoms with van der Waals surface area (Å²) in [5.41, 5.74) is -0.667. The molecule has 0 aromatic carbocycles. The van der Waals surface area contributed by atoms with Crippen LogP contribution in [0.25, 0.3) is 0 Å². The second-order valence-electron chi connectivity index (χ2n) is 4.97. The van der Waals surface area contributed by atoms with E-state index in [-0.39, 0.29) is 6.42 Å². The Morgan fingerprint density at radius 1 is 1.53 bits per heavy atom. The molecule has 2 N–H and O–H groups in total. The summed E-state index contributed by atoms with van der Waals surface area (Å²) in [7, 11) is 0. The predicted molar refractivity (Wildman–Crippen MR) is 73.8 cm³/mol. The Morgan fingerprint density at radius 3 is 2.58 bits per heavy atom. The van der Waals surface area contributed by atoms with Gasteiger partial charge in [0.1, 0.15) is 11.6 Å². The molecule has 0 fully saturated rings. The normalized spacial score (nSPS) is 12.8. The lowest BCUT2D eigenvalue weighted by atomic mass is 10.2. The van der Waals surface area contributed by atoms with Crippen molar-refractivity contribution in [1.82, 2.24) is 5.32 Å². The molecule has 0 bridgehead atoms. The Balaban J connectivity index is 2.63. The van der Waals surface area contributed by atoms with Crippen LogP contribution in [0.2, 0.25) is 5.02 Å². The molecule has 1 heterocycles. The van der Waals surface area contributed by atoms with Gasteiger partial charge in [0.15, 0.2) is 0 Å². The van der Waals surface area contributed by atoms with Crippen LogP contribution in [0.1, 0.15) is 25.6 Å². The van der Waals surface area contributed by atoms with Gasteiger partial charge < -0.3 is 15.2 Å². The largest absolute Gasteiger partial charge is 0.480 e. The van der Waals surface area contributed by atoms with Gasteiger partial charge in [-0.05, 0) is 26.8 Å². The fourth-order valence-corrected chi connectivity index (χ4v) is 2.43. The molecule has 0 aliphatic carbocycles. The van der Waals surface area contributed by atoms with E-state index in [1.54, 1.807) is 32.2 Å². The van der Waals surface area contributed by atoms with E-state index in [1.807, 2.05) is 0 Å². The van der Waals surface area contributed by atoms with Gasteiger partial charge in [0.2, 0.25) is 0 Å². The number of halogens is 1. The number of carboxylic acid groups (broad SMARTS) is 1. The van der Waals surface area contributed by atoms with Gasteiger partial charge in [-0.15, -0.1) is 11.3 Å². The summed E-state index contributed by atoms with van der Waals surface area (Å²) in [6.07, 6.45) is -0.575. The molecule has 0 saturated heterocycles. The van der Waals surface area contributed by atoms with E-state index in [4.69, 9.17) is 21.4 Å². The second kappa shape index (κ2) is 6.25. The number of alkyl carbamates (subject to hydrolysis) is 1. The summed E-state index contributed by atoms with van der Waals surface area (Å²) in [5.74, 6) is -1.12. The lowest BCUT2D eigenvalue weighted by Gasteiger charge is -2.21. The quantitative estimate of drug-likeness (QED) is 0.897. The number of carboxylic acids is 1. The van der Waals surface area contributed by atoms with Gasteiger partial charge in [-0.25, -0.2) is 9.59 Å². The minimum Gasteiger partial charge on any atom is -0.480 e. The first-order valence-electron chi connectivity index (χ1n) is 5.62. The minimum atomic E-state index is -1.12. The first-order valence-corrected chi connectivity index (χ1v) is 6.88. The molecule has 106 valence electrons. The monoisotopic (exact) mass is 305 g/mol. The van der Waals surface area contributed by atoms with E-state index >= 15 is 0 Å². The topological polar surface area (TPSA) is 75.6 Å². The van der Waals surface area contributed by atoms with Gasteiger partial charge >= 0.3 is 12.1 Å². The maximum absolute atomic E-state index is 11.5. The number of thiophene rings is 1. The highest BCUT2D eigenvalue weighted by molar-refractivity contribution is 7.10. The minimum absolute atomic E-state index is 0.173. The third kappa shape index (κ3) is 5.94. The summed E-state index contributed by atoms with van der Waals surface area (Å²) in [6, 6.07) is 0.642. The summed E-state index contributed by atoms with van der Waals surface area (Å²) in [5, 5.41) is 13.7. The lowest BCUT2D eigenvalue weighted by molar-refractivity contribution is -0.139. The lowest BCUT2D eigenvalue weighted by Crippen LogP contribution is -2.44. The van der Waals surface area contributed by atoms with Gasteiger partial charge in [-0.1, -0.05) is 11.6 Å². The van der Waals surface area contributed by atoms with Crippen molar-refractivity contribution in [3.63, 3.8) is 0 Å². The fourth-order valence-electron chi connectivity index (χ4n) is 1.31. The molecule has 0 unspecified atom stereocenters. The number of carbonyl (C=O) groups is 2. The van der Waals surface area contributed by atoms with Crippen LogP contribution in [0.5, 0.6) is 0 Å². The van der Waals surface area contributed by atoms with Crippen LogP contribution in [-0.2, 0) is 16.0 Å². The van der Waals surface area contributed by atoms with Gasteiger partial charge in [0.05, 0.1) is 5.02 Å². The van der Waals surface area contributed by atoms with E-state index in [2.05, 4.69) is 5.32 Å². The number of amides is 1. The zero-order chi connectivity index (χ0) is 14.6. The second-order valence-corrected chi connectivity index (χ2v) is 6.40. The van der Waals surface area contributed by atoms with Gasteiger partial charge in [-0.2, -0.15) is 0 Å². The van der Waals surface area contributed by atoms with Crippen LogP contribution in [0.3, 0.4) is 0 Å².